The lowest BCUT2D eigenvalue weighted by Gasteiger charge is -2.33. The number of nitrogens with zero attached hydrogens (tertiary/aromatic N) is 8. The van der Waals surface area contributed by atoms with Gasteiger partial charge in [-0.1, -0.05) is 14.9 Å². The van der Waals surface area contributed by atoms with E-state index in [1.807, 2.05) is 144 Å². The molecule has 31 heteroatoms. The zero-order valence-corrected chi connectivity index (χ0v) is 72.8. The van der Waals surface area contributed by atoms with Gasteiger partial charge in [-0.2, -0.15) is 0 Å². The Labute approximate surface area is 728 Å². The molecule has 13 heterocycles. The number of aromatic nitrogens is 8. The number of H-pyrrole nitrogens is 4. The normalized spacial score (nSPS) is 15.6. The smallest absolute Gasteiger partial charge is 0.410 e. The minimum atomic E-state index is -0.948. The van der Waals surface area contributed by atoms with Gasteiger partial charge in [0.2, 0.25) is 0 Å². The fourth-order valence-electron chi connectivity index (χ4n) is 15.1. The number of nitrogens with two attached hydrogens (primary N) is 2. The van der Waals surface area contributed by atoms with Crippen molar-refractivity contribution in [2.45, 2.75) is 228 Å². The summed E-state index contributed by atoms with van der Waals surface area (Å²) < 4.78 is 26.9. The highest BCUT2D eigenvalue weighted by Gasteiger charge is 2.36. The second kappa shape index (κ2) is 44.9. The summed E-state index contributed by atoms with van der Waals surface area (Å²) in [6.07, 6.45) is 20.1. The number of carboxylic acid groups (broad SMARTS) is 1. The van der Waals surface area contributed by atoms with E-state index in [0.717, 1.165) is 119 Å². The molecule has 13 rings (SSSR count). The number of likely N-dealkylation sites (tertiary alicyclic amines) is 4. The van der Waals surface area contributed by atoms with Gasteiger partial charge < -0.3 is 85.1 Å². The summed E-state index contributed by atoms with van der Waals surface area (Å²) in [6.45, 7) is 32.2. The summed E-state index contributed by atoms with van der Waals surface area (Å²) in [5.41, 5.74) is 21.7. The van der Waals surface area contributed by atoms with Gasteiger partial charge in [0.1, 0.15) is 34.0 Å². The number of carbonyl (C=O) groups excluding carboxylic acids is 9. The van der Waals surface area contributed by atoms with Crippen molar-refractivity contribution in [3.8, 4) is 45.0 Å². The lowest BCUT2D eigenvalue weighted by atomic mass is 9.90. The number of carboxylic acids is 1. The standard InChI is InChI=1S/C22H29N3O4.C20H26N4O3.C20H25N3O4.C15H18N4O.C14H23NO4.2CH4/c1-5-28-20(26)17-14-18(15-6-10-23-11-7-15)24-19(17)16-8-12-25(13-9-16)21(27)29-22(2,3)4;1-20(2,3)27-19(26)24-10-6-14(7-11-24)17-15(18(21)25)12-16(23-17)13-4-8-22-9-5-13;1-20(2,3)27-19(26)23-10-6-14(7-11-23)17-15(18(24)25)12-16(22-17)13-4-8-21-9-5-13;16-15(20)12-9-13(10-1-5-17-6-2-10)19-14(12)11-3-7-18-8-4-11;1-10(16)9-12(17)11-5-7-15(8-6-11)13(18)19-14(2,3)4;;/h6-7,10-11,14,16,24H,5,8-9,12-13H2,1-4H3;4-5,8-9,12,14,23H,6-7,10-11H2,1-3H3,(H2,21,25);4-5,8-9,12,14,22H,6-7,10-11H2,1-3H3,(H,24,25);1-2,5-6,9,11,18-19H,3-4,7-8H2,(H2,16,20);11H,5-9H2,1-4H3;2*1H4. The van der Waals surface area contributed by atoms with Gasteiger partial charge in [-0.3, -0.25) is 39.1 Å². The predicted molar refractivity (Wildman–Crippen MR) is 475 cm³/mol. The molecule has 0 atom stereocenters. The molecule has 124 heavy (non-hydrogen) atoms. The summed E-state index contributed by atoms with van der Waals surface area (Å²) >= 11 is 0. The van der Waals surface area contributed by atoms with Crippen molar-refractivity contribution >= 4 is 59.7 Å². The molecule has 31 nitrogen and oxygen atoms in total. The zero-order valence-electron chi connectivity index (χ0n) is 72.8. The highest BCUT2D eigenvalue weighted by Crippen LogP contribution is 2.39. The minimum Gasteiger partial charge on any atom is -0.478 e. The number of carbonyl (C=O) groups is 10. The third-order valence-corrected chi connectivity index (χ3v) is 21.1. The number of esters is 1. The molecule has 6 amide bonds. The van der Waals surface area contributed by atoms with Gasteiger partial charge in [0.25, 0.3) is 11.8 Å². The van der Waals surface area contributed by atoms with Crippen LogP contribution >= 0.6 is 0 Å². The van der Waals surface area contributed by atoms with E-state index in [0.29, 0.717) is 107 Å². The van der Waals surface area contributed by atoms with Crippen molar-refractivity contribution in [2.24, 2.45) is 17.4 Å². The number of ether oxygens (including phenoxy) is 5. The summed E-state index contributed by atoms with van der Waals surface area (Å²) in [4.78, 5) is 156. The summed E-state index contributed by atoms with van der Waals surface area (Å²) in [6, 6.07) is 22.3. The molecule has 0 spiro atoms. The second-order valence-corrected chi connectivity index (χ2v) is 35.1. The van der Waals surface area contributed by atoms with Crippen molar-refractivity contribution in [2.75, 3.05) is 72.1 Å². The molecule has 8 aromatic heterocycles. The number of pyridine rings is 4. The van der Waals surface area contributed by atoms with Gasteiger partial charge in [-0.05, 0) is 247 Å². The molecule has 0 saturated carbocycles. The second-order valence-electron chi connectivity index (χ2n) is 35.1. The number of aromatic amines is 4. The summed E-state index contributed by atoms with van der Waals surface area (Å²) in [5, 5.41) is 12.9. The number of hydrogen-bond donors (Lipinski definition) is 8. The Bertz CT molecular complexity index is 4680. The fraction of sp³-hybridized carbons (Fsp3) is 0.505. The molecule has 0 aromatic carbocycles. The van der Waals surface area contributed by atoms with Gasteiger partial charge in [-0.15, -0.1) is 0 Å². The Hall–Kier alpha value is -12.0. The maximum atomic E-state index is 12.5. The molecule has 0 radical (unpaired) electrons. The first kappa shape index (κ1) is 99.1. The average Bonchev–Trinajstić information content (AvgIpc) is 1.63. The Morgan fingerprint density at radius 3 is 0.903 bits per heavy atom. The number of nitrogens with one attached hydrogen (secondary N) is 5. The van der Waals surface area contributed by atoms with Crippen molar-refractivity contribution in [3.05, 3.63) is 167 Å². The molecule has 0 aliphatic carbocycles. The topological polar surface area (TPSA) is 429 Å². The highest BCUT2D eigenvalue weighted by atomic mass is 16.6. The Morgan fingerprint density at radius 2 is 0.645 bits per heavy atom. The monoisotopic (exact) mass is 1710 g/mol. The molecular weight excluding hydrogens is 1580 g/mol. The molecule has 0 unspecified atom stereocenters. The van der Waals surface area contributed by atoms with Crippen molar-refractivity contribution < 1.29 is 76.7 Å². The first-order chi connectivity index (χ1) is 57.7. The molecule has 0 bridgehead atoms. The molecule has 5 fully saturated rings. The number of rotatable bonds is 16. The van der Waals surface area contributed by atoms with Crippen molar-refractivity contribution in [1.82, 2.24) is 64.8 Å². The number of ketones is 2. The molecule has 5 aliphatic rings. The third-order valence-electron chi connectivity index (χ3n) is 21.1. The lowest BCUT2D eigenvalue weighted by Crippen LogP contribution is -2.43. The van der Waals surface area contributed by atoms with Crippen molar-refractivity contribution in [1.29, 1.82) is 0 Å². The number of aromatic carboxylic acids is 1. The van der Waals surface area contributed by atoms with Crippen LogP contribution in [0.15, 0.2) is 122 Å². The zero-order chi connectivity index (χ0) is 88.8. The first-order valence-corrected chi connectivity index (χ1v) is 41.9. The van der Waals surface area contributed by atoms with Crippen LogP contribution in [0.2, 0.25) is 0 Å². The highest BCUT2D eigenvalue weighted by molar-refractivity contribution is 5.99. The van der Waals surface area contributed by atoms with E-state index in [1.165, 1.54) is 6.92 Å². The number of Topliss-reactive ketones (excluding diaryl/α,β-unsaturated/α-hetero) is 2. The van der Waals surface area contributed by atoms with E-state index in [9.17, 15) is 53.1 Å². The third kappa shape index (κ3) is 29.3. The maximum absolute atomic E-state index is 12.5. The summed E-state index contributed by atoms with van der Waals surface area (Å²) in [5.74, 6) is -1.57. The molecular formula is C93H129N15O16. The molecule has 8 aromatic rings. The van der Waals surface area contributed by atoms with E-state index in [4.69, 9.17) is 35.2 Å². The SMILES string of the molecule is C.C.CC(=O)CC(=O)C1CCN(C(=O)OC(C)(C)C)CC1.CC(C)(C)OC(=O)N1CCC(c2[nH]c(-c3ccncc3)cc2C(=O)O)CC1.CC(C)(C)OC(=O)N1CCC(c2[nH]c(-c3ccncc3)cc2C(N)=O)CC1.CCOC(=O)c1cc(-c2ccncc2)[nH]c1C1CCN(C(=O)OC(C)(C)C)CC1.NC(=O)c1cc(-c2ccncc2)[nH]c1C1CCNCC1. The van der Waals surface area contributed by atoms with Crippen LogP contribution in [0.5, 0.6) is 0 Å². The minimum absolute atomic E-state index is 0. The predicted octanol–water partition coefficient (Wildman–Crippen LogP) is 16.6. The Balaban J connectivity index is 0.000000214. The number of amides is 6. The first-order valence-electron chi connectivity index (χ1n) is 41.9. The van der Waals surface area contributed by atoms with Gasteiger partial charge in [0, 0.05) is 199 Å². The van der Waals surface area contributed by atoms with E-state index in [-0.39, 0.29) is 98.3 Å². The Kier molecular flexibility index (Phi) is 35.8. The molecule has 10 N–H and O–H groups in total. The van der Waals surface area contributed by atoms with Crippen LogP contribution in [0.1, 0.15) is 270 Å². The van der Waals surface area contributed by atoms with E-state index >= 15 is 0 Å². The largest absolute Gasteiger partial charge is 0.478 e. The number of primary amides is 2. The van der Waals surface area contributed by atoms with E-state index in [2.05, 4.69) is 45.2 Å². The Morgan fingerprint density at radius 1 is 0.395 bits per heavy atom. The van der Waals surface area contributed by atoms with Gasteiger partial charge in [-0.25, -0.2) is 28.8 Å². The average molecular weight is 1710 g/mol. The van der Waals surface area contributed by atoms with Crippen LogP contribution in [0.4, 0.5) is 19.2 Å². The number of piperidine rings is 5. The van der Waals surface area contributed by atoms with Crippen LogP contribution in [0, 0.1) is 5.92 Å². The summed E-state index contributed by atoms with van der Waals surface area (Å²) in [7, 11) is 0. The van der Waals surface area contributed by atoms with Crippen LogP contribution < -0.4 is 16.8 Å². The molecule has 5 saturated heterocycles. The fourth-order valence-corrected chi connectivity index (χ4v) is 15.1. The van der Waals surface area contributed by atoms with Crippen LogP contribution in [-0.2, 0) is 33.3 Å². The van der Waals surface area contributed by atoms with Crippen molar-refractivity contribution in [3.63, 3.8) is 0 Å². The molecule has 672 valence electrons. The maximum Gasteiger partial charge on any atom is 0.410 e. The van der Waals surface area contributed by atoms with Crippen LogP contribution in [0.25, 0.3) is 45.0 Å². The van der Waals surface area contributed by atoms with Crippen LogP contribution in [0.3, 0.4) is 0 Å². The van der Waals surface area contributed by atoms with Gasteiger partial charge in [0.15, 0.2) is 0 Å². The number of hydrogen-bond acceptors (Lipinski definition) is 20. The van der Waals surface area contributed by atoms with E-state index < -0.39 is 34.3 Å². The lowest BCUT2D eigenvalue weighted by molar-refractivity contribution is -0.129. The quantitative estimate of drug-likeness (QED) is 0.0253. The van der Waals surface area contributed by atoms with E-state index in [1.54, 1.807) is 88.2 Å². The molecule has 5 aliphatic heterocycles. The van der Waals surface area contributed by atoms with Gasteiger partial charge >= 0.3 is 36.3 Å². The van der Waals surface area contributed by atoms with Crippen LogP contribution in [-0.4, -0.2) is 219 Å². The van der Waals surface area contributed by atoms with Gasteiger partial charge in [0.05, 0.1) is 35.3 Å².